The topological polar surface area (TPSA) is 39.2 Å². The minimum absolute atomic E-state index is 0.228. The number of nitrogens with zero attached hydrogens (tertiary/aromatic N) is 1. The number of hydrogen-bond acceptors (Lipinski definition) is 3. The zero-order valence-electron chi connectivity index (χ0n) is 9.48. The van der Waals surface area contributed by atoms with Gasteiger partial charge in [-0.15, -0.1) is 0 Å². The molecule has 0 bridgehead atoms. The SMILES string of the molecule is COC(=O)c1cc(-c2cc(Cl)ccc2Cl)ccn1. The standard InChI is InChI=1S/C13H9Cl2NO2/c1-18-13(17)12-6-8(4-5-16-12)10-7-9(14)2-3-11(10)15/h2-7H,1H3. The molecule has 1 heterocycles. The van der Waals surface area contributed by atoms with Gasteiger partial charge >= 0.3 is 5.97 Å². The van der Waals surface area contributed by atoms with Crippen LogP contribution in [0.4, 0.5) is 0 Å². The molecule has 0 saturated carbocycles. The second-order valence-corrected chi connectivity index (χ2v) is 4.39. The van der Waals surface area contributed by atoms with Crippen LogP contribution in [0.5, 0.6) is 0 Å². The summed E-state index contributed by atoms with van der Waals surface area (Å²) >= 11 is 12.0. The van der Waals surface area contributed by atoms with Gasteiger partial charge < -0.3 is 4.74 Å². The molecule has 0 aliphatic rings. The van der Waals surface area contributed by atoms with E-state index in [9.17, 15) is 4.79 Å². The first-order valence-corrected chi connectivity index (χ1v) is 5.87. The van der Waals surface area contributed by atoms with Crippen LogP contribution in [0.15, 0.2) is 36.5 Å². The number of pyridine rings is 1. The Kier molecular flexibility index (Phi) is 3.84. The Bertz CT molecular complexity index is 599. The fourth-order valence-corrected chi connectivity index (χ4v) is 1.93. The van der Waals surface area contributed by atoms with Crippen LogP contribution in [-0.2, 0) is 4.74 Å². The second-order valence-electron chi connectivity index (χ2n) is 3.55. The summed E-state index contributed by atoms with van der Waals surface area (Å²) in [6, 6.07) is 8.51. The zero-order chi connectivity index (χ0) is 13.1. The van der Waals surface area contributed by atoms with Crippen LogP contribution in [0.1, 0.15) is 10.5 Å². The molecule has 0 atom stereocenters. The monoisotopic (exact) mass is 281 g/mol. The van der Waals surface area contributed by atoms with E-state index in [1.54, 1.807) is 30.3 Å². The Balaban J connectivity index is 2.51. The molecule has 0 aliphatic heterocycles. The van der Waals surface area contributed by atoms with Gasteiger partial charge in [0.1, 0.15) is 5.69 Å². The molecule has 0 fully saturated rings. The molecule has 1 aromatic heterocycles. The van der Waals surface area contributed by atoms with E-state index in [1.807, 2.05) is 0 Å². The maximum Gasteiger partial charge on any atom is 0.356 e. The summed E-state index contributed by atoms with van der Waals surface area (Å²) in [7, 11) is 1.31. The van der Waals surface area contributed by atoms with Crippen LogP contribution in [-0.4, -0.2) is 18.1 Å². The van der Waals surface area contributed by atoms with Crippen molar-refractivity contribution in [2.45, 2.75) is 0 Å². The van der Waals surface area contributed by atoms with E-state index in [0.29, 0.717) is 10.0 Å². The summed E-state index contributed by atoms with van der Waals surface area (Å²) < 4.78 is 4.62. The summed E-state index contributed by atoms with van der Waals surface area (Å²) in [5.74, 6) is -0.491. The number of rotatable bonds is 2. The molecule has 0 aliphatic carbocycles. The van der Waals surface area contributed by atoms with Crippen LogP contribution in [0.2, 0.25) is 10.0 Å². The van der Waals surface area contributed by atoms with Crippen LogP contribution < -0.4 is 0 Å². The van der Waals surface area contributed by atoms with Gasteiger partial charge in [-0.3, -0.25) is 0 Å². The predicted molar refractivity (Wildman–Crippen MR) is 71.0 cm³/mol. The number of halogens is 2. The molecule has 92 valence electrons. The lowest BCUT2D eigenvalue weighted by Crippen LogP contribution is -2.03. The highest BCUT2D eigenvalue weighted by molar-refractivity contribution is 6.35. The lowest BCUT2D eigenvalue weighted by molar-refractivity contribution is 0.0594. The summed E-state index contributed by atoms with van der Waals surface area (Å²) in [5, 5.41) is 1.13. The van der Waals surface area contributed by atoms with E-state index < -0.39 is 5.97 Å². The largest absolute Gasteiger partial charge is 0.464 e. The molecular weight excluding hydrogens is 273 g/mol. The molecule has 0 amide bonds. The highest BCUT2D eigenvalue weighted by atomic mass is 35.5. The van der Waals surface area contributed by atoms with Crippen molar-refractivity contribution in [3.63, 3.8) is 0 Å². The fourth-order valence-electron chi connectivity index (χ4n) is 1.53. The molecule has 3 nitrogen and oxygen atoms in total. The van der Waals surface area contributed by atoms with E-state index in [1.165, 1.54) is 13.3 Å². The maximum absolute atomic E-state index is 11.4. The fraction of sp³-hybridized carbons (Fsp3) is 0.0769. The molecule has 0 saturated heterocycles. The van der Waals surface area contributed by atoms with Gasteiger partial charge in [-0.25, -0.2) is 9.78 Å². The Morgan fingerprint density at radius 3 is 2.72 bits per heavy atom. The third-order valence-corrected chi connectivity index (χ3v) is 2.96. The van der Waals surface area contributed by atoms with Crippen molar-refractivity contribution in [2.75, 3.05) is 7.11 Å². The molecule has 1 aromatic carbocycles. The van der Waals surface area contributed by atoms with Crippen LogP contribution in [0.25, 0.3) is 11.1 Å². The van der Waals surface area contributed by atoms with Gasteiger partial charge in [0.25, 0.3) is 0 Å². The van der Waals surface area contributed by atoms with Crippen LogP contribution >= 0.6 is 23.2 Å². The smallest absolute Gasteiger partial charge is 0.356 e. The van der Waals surface area contributed by atoms with Crippen molar-refractivity contribution >= 4 is 29.2 Å². The lowest BCUT2D eigenvalue weighted by atomic mass is 10.1. The van der Waals surface area contributed by atoms with Gasteiger partial charge in [-0.1, -0.05) is 23.2 Å². The quantitative estimate of drug-likeness (QED) is 0.785. The average Bonchev–Trinajstić information content (AvgIpc) is 2.40. The minimum atomic E-state index is -0.491. The summed E-state index contributed by atoms with van der Waals surface area (Å²) in [5.41, 5.74) is 1.74. The minimum Gasteiger partial charge on any atom is -0.464 e. The van der Waals surface area contributed by atoms with Crippen molar-refractivity contribution in [1.29, 1.82) is 0 Å². The molecule has 0 unspecified atom stereocenters. The summed E-state index contributed by atoms with van der Waals surface area (Å²) in [6.45, 7) is 0. The van der Waals surface area contributed by atoms with Gasteiger partial charge in [0.15, 0.2) is 0 Å². The van der Waals surface area contributed by atoms with Gasteiger partial charge in [-0.05, 0) is 35.9 Å². The maximum atomic E-state index is 11.4. The molecule has 5 heteroatoms. The number of ether oxygens (including phenoxy) is 1. The second kappa shape index (κ2) is 5.38. The zero-order valence-corrected chi connectivity index (χ0v) is 11.0. The lowest BCUT2D eigenvalue weighted by Gasteiger charge is -2.06. The Morgan fingerprint density at radius 1 is 1.22 bits per heavy atom. The van der Waals surface area contributed by atoms with Crippen molar-refractivity contribution in [3.05, 3.63) is 52.3 Å². The van der Waals surface area contributed by atoms with E-state index in [-0.39, 0.29) is 5.69 Å². The van der Waals surface area contributed by atoms with Gasteiger partial charge in [0.2, 0.25) is 0 Å². The van der Waals surface area contributed by atoms with Crippen molar-refractivity contribution < 1.29 is 9.53 Å². The number of hydrogen-bond donors (Lipinski definition) is 0. The van der Waals surface area contributed by atoms with E-state index in [4.69, 9.17) is 23.2 Å². The van der Waals surface area contributed by atoms with Gasteiger partial charge in [-0.2, -0.15) is 0 Å². The number of carbonyl (C=O) groups excluding carboxylic acids is 1. The van der Waals surface area contributed by atoms with E-state index in [0.717, 1.165) is 11.1 Å². The number of aromatic nitrogens is 1. The first-order chi connectivity index (χ1) is 8.61. The number of carbonyl (C=O) groups is 1. The third-order valence-electron chi connectivity index (χ3n) is 2.39. The average molecular weight is 282 g/mol. The first-order valence-electron chi connectivity index (χ1n) is 5.11. The molecule has 2 rings (SSSR count). The molecule has 0 N–H and O–H groups in total. The summed E-state index contributed by atoms with van der Waals surface area (Å²) in [4.78, 5) is 15.3. The molecule has 0 radical (unpaired) electrons. The van der Waals surface area contributed by atoms with Crippen LogP contribution in [0, 0.1) is 0 Å². The van der Waals surface area contributed by atoms with Crippen molar-refractivity contribution in [2.24, 2.45) is 0 Å². The Hall–Kier alpha value is -1.58. The normalized spacial score (nSPS) is 10.2. The third kappa shape index (κ3) is 2.63. The van der Waals surface area contributed by atoms with Crippen LogP contribution in [0.3, 0.4) is 0 Å². The molecule has 2 aromatic rings. The van der Waals surface area contributed by atoms with Gasteiger partial charge in [0, 0.05) is 21.8 Å². The number of benzene rings is 1. The predicted octanol–water partition coefficient (Wildman–Crippen LogP) is 3.84. The molecule has 0 spiro atoms. The highest BCUT2D eigenvalue weighted by Crippen LogP contribution is 2.30. The molecule has 18 heavy (non-hydrogen) atoms. The van der Waals surface area contributed by atoms with Crippen molar-refractivity contribution in [1.82, 2.24) is 4.98 Å². The first kappa shape index (κ1) is 12.9. The van der Waals surface area contributed by atoms with E-state index in [2.05, 4.69) is 9.72 Å². The van der Waals surface area contributed by atoms with Gasteiger partial charge in [0.05, 0.1) is 7.11 Å². The number of methoxy groups -OCH3 is 1. The highest BCUT2D eigenvalue weighted by Gasteiger charge is 2.10. The van der Waals surface area contributed by atoms with Crippen molar-refractivity contribution in [3.8, 4) is 11.1 Å². The molecular formula is C13H9Cl2NO2. The summed E-state index contributed by atoms with van der Waals surface area (Å²) in [6.07, 6.45) is 1.53. The Labute approximate surface area is 114 Å². The van der Waals surface area contributed by atoms with E-state index >= 15 is 0 Å². The number of esters is 1. The Morgan fingerprint density at radius 2 is 2.00 bits per heavy atom.